The SMILES string of the molecule is CC1(C)CC(N)CC(C)(C)N1/C=C(/C#N)C(=O)Nc1ccc(S(N)(=O)=O)cc1. The van der Waals surface area contributed by atoms with Crippen LogP contribution in [-0.2, 0) is 14.8 Å². The number of carbonyl (C=O) groups is 1. The van der Waals surface area contributed by atoms with Gasteiger partial charge in [-0.3, -0.25) is 4.79 Å². The van der Waals surface area contributed by atoms with Gasteiger partial charge in [0.05, 0.1) is 4.90 Å². The molecule has 9 heteroatoms. The summed E-state index contributed by atoms with van der Waals surface area (Å²) in [6.45, 7) is 8.12. The Morgan fingerprint density at radius 2 is 1.71 bits per heavy atom. The van der Waals surface area contributed by atoms with Crippen molar-refractivity contribution in [1.82, 2.24) is 4.90 Å². The smallest absolute Gasteiger partial charge is 0.267 e. The summed E-state index contributed by atoms with van der Waals surface area (Å²) in [5, 5.41) is 17.2. The fourth-order valence-corrected chi connectivity index (χ4v) is 4.43. The number of piperidine rings is 1. The highest BCUT2D eigenvalue weighted by Crippen LogP contribution is 2.38. The summed E-state index contributed by atoms with van der Waals surface area (Å²) in [7, 11) is -3.81. The minimum Gasteiger partial charge on any atom is -0.366 e. The molecule has 1 aliphatic heterocycles. The van der Waals surface area contributed by atoms with Crippen LogP contribution >= 0.6 is 0 Å². The molecule has 1 aromatic rings. The van der Waals surface area contributed by atoms with Crippen molar-refractivity contribution < 1.29 is 13.2 Å². The number of amides is 1. The minimum absolute atomic E-state index is 0.0475. The summed E-state index contributed by atoms with van der Waals surface area (Å²) in [5.41, 5.74) is 5.85. The standard InChI is InChI=1S/C19H27N5O3S/c1-18(2)9-14(21)10-19(3,4)24(18)12-13(11-20)17(25)23-15-5-7-16(8-6-15)28(22,26)27/h5-8,12,14H,9-10,21H2,1-4H3,(H,23,25)(H2,22,26,27)/b13-12-. The third-order valence-corrected chi connectivity index (χ3v) is 5.82. The molecule has 8 nitrogen and oxygen atoms in total. The van der Waals surface area contributed by atoms with Crippen molar-refractivity contribution in [2.45, 2.75) is 62.6 Å². The van der Waals surface area contributed by atoms with Crippen molar-refractivity contribution in [3.8, 4) is 6.07 Å². The number of primary sulfonamides is 1. The normalized spacial score (nSPS) is 19.8. The Kier molecular flexibility index (Phi) is 5.90. The predicted octanol–water partition coefficient (Wildman–Crippen LogP) is 1.66. The fraction of sp³-hybridized carbons (Fsp3) is 0.474. The van der Waals surface area contributed by atoms with E-state index in [2.05, 4.69) is 5.32 Å². The van der Waals surface area contributed by atoms with E-state index in [9.17, 15) is 18.5 Å². The second kappa shape index (κ2) is 7.54. The number of nitriles is 1. The van der Waals surface area contributed by atoms with Crippen molar-refractivity contribution in [2.24, 2.45) is 10.9 Å². The van der Waals surface area contributed by atoms with Crippen molar-refractivity contribution in [3.05, 3.63) is 36.0 Å². The number of rotatable bonds is 4. The van der Waals surface area contributed by atoms with Crippen molar-refractivity contribution in [3.63, 3.8) is 0 Å². The lowest BCUT2D eigenvalue weighted by molar-refractivity contribution is -0.112. The summed E-state index contributed by atoms with van der Waals surface area (Å²) in [6, 6.07) is 7.42. The first-order valence-corrected chi connectivity index (χ1v) is 10.4. The fourth-order valence-electron chi connectivity index (χ4n) is 3.91. The van der Waals surface area contributed by atoms with Gasteiger partial charge < -0.3 is 16.0 Å². The molecule has 0 spiro atoms. The molecule has 0 aliphatic carbocycles. The second-order valence-corrected chi connectivity index (χ2v) is 9.90. The molecule has 1 fully saturated rings. The average molecular weight is 406 g/mol. The molecule has 0 saturated carbocycles. The van der Waals surface area contributed by atoms with E-state index in [4.69, 9.17) is 10.9 Å². The zero-order valence-corrected chi connectivity index (χ0v) is 17.4. The van der Waals surface area contributed by atoms with E-state index in [-0.39, 0.29) is 27.6 Å². The number of nitrogens with two attached hydrogens (primary N) is 2. The molecule has 28 heavy (non-hydrogen) atoms. The summed E-state index contributed by atoms with van der Waals surface area (Å²) >= 11 is 0. The average Bonchev–Trinajstić information content (AvgIpc) is 2.52. The summed E-state index contributed by atoms with van der Waals surface area (Å²) in [4.78, 5) is 14.5. The Balaban J connectivity index is 2.26. The van der Waals surface area contributed by atoms with Crippen LogP contribution in [0, 0.1) is 11.3 Å². The molecule has 2 rings (SSSR count). The zero-order chi connectivity index (χ0) is 21.3. The monoisotopic (exact) mass is 405 g/mol. The lowest BCUT2D eigenvalue weighted by Crippen LogP contribution is -2.61. The maximum atomic E-state index is 12.6. The number of carbonyl (C=O) groups excluding carboxylic acids is 1. The second-order valence-electron chi connectivity index (χ2n) is 8.34. The van der Waals surface area contributed by atoms with Crippen molar-refractivity contribution >= 4 is 21.6 Å². The Morgan fingerprint density at radius 3 is 2.14 bits per heavy atom. The van der Waals surface area contributed by atoms with Gasteiger partial charge in [-0.15, -0.1) is 0 Å². The molecule has 0 bridgehead atoms. The molecule has 0 unspecified atom stereocenters. The molecular formula is C19H27N5O3S. The predicted molar refractivity (Wildman–Crippen MR) is 107 cm³/mol. The Morgan fingerprint density at radius 1 is 1.21 bits per heavy atom. The van der Waals surface area contributed by atoms with E-state index < -0.39 is 15.9 Å². The van der Waals surface area contributed by atoms with Crippen LogP contribution in [0.5, 0.6) is 0 Å². The number of nitrogens with zero attached hydrogens (tertiary/aromatic N) is 2. The van der Waals surface area contributed by atoms with Crippen molar-refractivity contribution in [1.29, 1.82) is 5.26 Å². The first-order valence-electron chi connectivity index (χ1n) is 8.87. The Hall–Kier alpha value is -2.41. The van der Waals surface area contributed by atoms with Gasteiger partial charge in [-0.1, -0.05) is 0 Å². The van der Waals surface area contributed by atoms with E-state index in [1.807, 2.05) is 38.7 Å². The number of benzene rings is 1. The molecule has 152 valence electrons. The van der Waals surface area contributed by atoms with Crippen LogP contribution in [0.25, 0.3) is 0 Å². The summed E-state index contributed by atoms with van der Waals surface area (Å²) in [6.07, 6.45) is 3.06. The van der Waals surface area contributed by atoms with E-state index in [1.54, 1.807) is 6.20 Å². The first kappa shape index (κ1) is 21.9. The van der Waals surface area contributed by atoms with Crippen LogP contribution < -0.4 is 16.2 Å². The van der Waals surface area contributed by atoms with Gasteiger partial charge in [0.1, 0.15) is 11.6 Å². The van der Waals surface area contributed by atoms with Gasteiger partial charge in [-0.2, -0.15) is 5.26 Å². The molecule has 1 aliphatic rings. The minimum atomic E-state index is -3.81. The highest BCUT2D eigenvalue weighted by atomic mass is 32.2. The number of hydrogen-bond acceptors (Lipinski definition) is 6. The maximum Gasteiger partial charge on any atom is 0.267 e. The zero-order valence-electron chi connectivity index (χ0n) is 16.6. The van der Waals surface area contributed by atoms with Gasteiger partial charge in [-0.25, -0.2) is 13.6 Å². The molecule has 1 saturated heterocycles. The van der Waals surface area contributed by atoms with Gasteiger partial charge in [0.2, 0.25) is 10.0 Å². The third-order valence-electron chi connectivity index (χ3n) is 4.89. The van der Waals surface area contributed by atoms with Crippen LogP contribution in [0.4, 0.5) is 5.69 Å². The van der Waals surface area contributed by atoms with Gasteiger partial charge in [-0.05, 0) is 64.8 Å². The molecule has 1 aromatic carbocycles. The Bertz CT molecular complexity index is 909. The molecule has 1 amide bonds. The molecule has 0 atom stereocenters. The lowest BCUT2D eigenvalue weighted by Gasteiger charge is -2.54. The Labute approximate surface area is 166 Å². The summed E-state index contributed by atoms with van der Waals surface area (Å²) < 4.78 is 22.6. The van der Waals surface area contributed by atoms with Crippen LogP contribution in [-0.4, -0.2) is 36.3 Å². The van der Waals surface area contributed by atoms with Crippen molar-refractivity contribution in [2.75, 3.05) is 5.32 Å². The first-order chi connectivity index (χ1) is 12.8. The van der Waals surface area contributed by atoms with Crippen LogP contribution in [0.1, 0.15) is 40.5 Å². The highest BCUT2D eigenvalue weighted by Gasteiger charge is 2.43. The topological polar surface area (TPSA) is 142 Å². The van der Waals surface area contributed by atoms with E-state index in [1.165, 1.54) is 24.3 Å². The van der Waals surface area contributed by atoms with E-state index >= 15 is 0 Å². The lowest BCUT2D eigenvalue weighted by atomic mass is 9.77. The molecule has 0 aromatic heterocycles. The maximum absolute atomic E-state index is 12.6. The third kappa shape index (κ3) is 4.90. The summed E-state index contributed by atoms with van der Waals surface area (Å²) in [5.74, 6) is -0.577. The van der Waals surface area contributed by atoms with E-state index in [0.717, 1.165) is 12.8 Å². The largest absolute Gasteiger partial charge is 0.366 e. The molecular weight excluding hydrogens is 378 g/mol. The molecule has 0 radical (unpaired) electrons. The van der Waals surface area contributed by atoms with Gasteiger partial charge in [0.15, 0.2) is 0 Å². The van der Waals surface area contributed by atoms with Crippen LogP contribution in [0.3, 0.4) is 0 Å². The highest BCUT2D eigenvalue weighted by molar-refractivity contribution is 7.89. The van der Waals surface area contributed by atoms with Crippen LogP contribution in [0.2, 0.25) is 0 Å². The molecule has 1 heterocycles. The number of anilines is 1. The van der Waals surface area contributed by atoms with Gasteiger partial charge >= 0.3 is 0 Å². The number of sulfonamides is 1. The number of likely N-dealkylation sites (tertiary alicyclic amines) is 1. The van der Waals surface area contributed by atoms with E-state index in [0.29, 0.717) is 5.69 Å². The van der Waals surface area contributed by atoms with Gasteiger partial charge in [0, 0.05) is 29.0 Å². The number of hydrogen-bond donors (Lipinski definition) is 3. The number of nitrogens with one attached hydrogen (secondary N) is 1. The molecule has 5 N–H and O–H groups in total. The van der Waals surface area contributed by atoms with Gasteiger partial charge in [0.25, 0.3) is 5.91 Å². The quantitative estimate of drug-likeness (QED) is 0.513. The van der Waals surface area contributed by atoms with Crippen LogP contribution in [0.15, 0.2) is 40.9 Å².